The molecule has 0 amide bonds. The molecule has 1 aromatic carbocycles. The number of carboxylic acid groups (broad SMARTS) is 1. The third-order valence-electron chi connectivity index (χ3n) is 2.76. The Bertz CT molecular complexity index is 594. The molecule has 0 aliphatic carbocycles. The second-order valence-electron chi connectivity index (χ2n) is 4.75. The Morgan fingerprint density at radius 1 is 1.25 bits per heavy atom. The molecule has 2 rings (SSSR count). The minimum absolute atomic E-state index is 0.00524. The summed E-state index contributed by atoms with van der Waals surface area (Å²) in [5.74, 6) is 0.552. The van der Waals surface area contributed by atoms with Gasteiger partial charge in [0.05, 0.1) is 12.1 Å². The topological polar surface area (TPSA) is 72.3 Å². The van der Waals surface area contributed by atoms with Gasteiger partial charge in [-0.05, 0) is 23.6 Å². The number of aromatic nitrogens is 2. The van der Waals surface area contributed by atoms with Gasteiger partial charge >= 0.3 is 5.97 Å². The predicted octanol–water partition coefficient (Wildman–Crippen LogP) is 3.02. The lowest BCUT2D eigenvalue weighted by Gasteiger charge is -2.08. The molecule has 0 unspecified atom stereocenters. The van der Waals surface area contributed by atoms with Crippen LogP contribution in [0.5, 0.6) is 11.6 Å². The van der Waals surface area contributed by atoms with Crippen LogP contribution in [0.2, 0.25) is 0 Å². The van der Waals surface area contributed by atoms with Gasteiger partial charge in [-0.1, -0.05) is 26.0 Å². The van der Waals surface area contributed by atoms with Gasteiger partial charge < -0.3 is 9.84 Å². The molecule has 20 heavy (non-hydrogen) atoms. The summed E-state index contributed by atoms with van der Waals surface area (Å²) in [6.45, 7) is 4.10. The Morgan fingerprint density at radius 3 is 2.55 bits per heavy atom. The second-order valence-corrected chi connectivity index (χ2v) is 4.75. The number of aliphatic carboxylic acids is 1. The molecular weight excluding hydrogens is 256 g/mol. The van der Waals surface area contributed by atoms with Crippen molar-refractivity contribution >= 4 is 5.97 Å². The third kappa shape index (κ3) is 3.78. The summed E-state index contributed by atoms with van der Waals surface area (Å²) in [4.78, 5) is 18.8. The lowest BCUT2D eigenvalue weighted by molar-refractivity contribution is -0.136. The fraction of sp³-hybridized carbons (Fsp3) is 0.267. The summed E-state index contributed by atoms with van der Waals surface area (Å²) in [7, 11) is 0. The highest BCUT2D eigenvalue weighted by Crippen LogP contribution is 2.22. The van der Waals surface area contributed by atoms with Gasteiger partial charge in [-0.15, -0.1) is 0 Å². The fourth-order valence-electron chi connectivity index (χ4n) is 1.70. The Labute approximate surface area is 117 Å². The zero-order chi connectivity index (χ0) is 14.5. The molecule has 5 nitrogen and oxygen atoms in total. The largest absolute Gasteiger partial charge is 0.481 e. The summed E-state index contributed by atoms with van der Waals surface area (Å²) in [5.41, 5.74) is 1.65. The quantitative estimate of drug-likeness (QED) is 0.905. The van der Waals surface area contributed by atoms with Crippen LogP contribution in [0, 0.1) is 0 Å². The van der Waals surface area contributed by atoms with Crippen LogP contribution in [0.25, 0.3) is 0 Å². The standard InChI is InChI=1S/C15H16N2O3/c1-10(2)13-8-14(17-9-16-13)20-12-5-3-11(4-6-12)7-15(18)19/h3-6,8-10H,7H2,1-2H3,(H,18,19). The van der Waals surface area contributed by atoms with Crippen LogP contribution >= 0.6 is 0 Å². The van der Waals surface area contributed by atoms with Crippen LogP contribution in [0.1, 0.15) is 31.0 Å². The SMILES string of the molecule is CC(C)c1cc(Oc2ccc(CC(=O)O)cc2)ncn1. The van der Waals surface area contributed by atoms with Crippen molar-refractivity contribution in [2.24, 2.45) is 0 Å². The van der Waals surface area contributed by atoms with Crippen molar-refractivity contribution < 1.29 is 14.6 Å². The predicted molar refractivity (Wildman–Crippen MR) is 74.0 cm³/mol. The summed E-state index contributed by atoms with van der Waals surface area (Å²) in [6, 6.07) is 8.72. The van der Waals surface area contributed by atoms with Gasteiger partial charge in [-0.3, -0.25) is 4.79 Å². The van der Waals surface area contributed by atoms with Gasteiger partial charge in [-0.25, -0.2) is 9.97 Å². The molecule has 0 aliphatic heterocycles. The maximum atomic E-state index is 10.6. The van der Waals surface area contributed by atoms with Gasteiger partial charge in [0.1, 0.15) is 12.1 Å². The minimum atomic E-state index is -0.851. The number of ether oxygens (including phenoxy) is 1. The summed E-state index contributed by atoms with van der Waals surface area (Å²) < 4.78 is 5.63. The van der Waals surface area contributed by atoms with Gasteiger partial charge in [-0.2, -0.15) is 0 Å². The fourth-order valence-corrected chi connectivity index (χ4v) is 1.70. The van der Waals surface area contributed by atoms with E-state index in [4.69, 9.17) is 9.84 Å². The first-order valence-electron chi connectivity index (χ1n) is 6.35. The number of carbonyl (C=O) groups is 1. The molecule has 1 N–H and O–H groups in total. The van der Waals surface area contributed by atoms with Crippen LogP contribution < -0.4 is 4.74 Å². The van der Waals surface area contributed by atoms with Crippen LogP contribution in [-0.4, -0.2) is 21.0 Å². The van der Waals surface area contributed by atoms with Crippen molar-refractivity contribution in [3.8, 4) is 11.6 Å². The number of hydrogen-bond donors (Lipinski definition) is 1. The van der Waals surface area contributed by atoms with E-state index in [2.05, 4.69) is 9.97 Å². The molecule has 0 radical (unpaired) electrons. The molecule has 104 valence electrons. The van der Waals surface area contributed by atoms with E-state index in [1.165, 1.54) is 6.33 Å². The van der Waals surface area contributed by atoms with E-state index in [-0.39, 0.29) is 6.42 Å². The van der Waals surface area contributed by atoms with E-state index in [1.54, 1.807) is 30.3 Å². The summed E-state index contributed by atoms with van der Waals surface area (Å²) in [5, 5.41) is 8.71. The summed E-state index contributed by atoms with van der Waals surface area (Å²) >= 11 is 0. The highest BCUT2D eigenvalue weighted by Gasteiger charge is 2.05. The maximum absolute atomic E-state index is 10.6. The van der Waals surface area contributed by atoms with Crippen LogP contribution in [0.4, 0.5) is 0 Å². The third-order valence-corrected chi connectivity index (χ3v) is 2.76. The van der Waals surface area contributed by atoms with Gasteiger partial charge in [0.15, 0.2) is 0 Å². The maximum Gasteiger partial charge on any atom is 0.307 e. The molecule has 5 heteroatoms. The first kappa shape index (κ1) is 14.0. The number of hydrogen-bond acceptors (Lipinski definition) is 4. The highest BCUT2D eigenvalue weighted by molar-refractivity contribution is 5.70. The van der Waals surface area contributed by atoms with E-state index in [0.29, 0.717) is 17.5 Å². The molecular formula is C15H16N2O3. The zero-order valence-corrected chi connectivity index (χ0v) is 11.4. The molecule has 0 atom stereocenters. The average Bonchev–Trinajstić information content (AvgIpc) is 2.41. The lowest BCUT2D eigenvalue weighted by atomic mass is 10.1. The first-order valence-corrected chi connectivity index (χ1v) is 6.35. The van der Waals surface area contributed by atoms with Gasteiger partial charge in [0.2, 0.25) is 5.88 Å². The van der Waals surface area contributed by atoms with Crippen molar-refractivity contribution in [3.05, 3.63) is 47.9 Å². The Hall–Kier alpha value is -2.43. The van der Waals surface area contributed by atoms with E-state index in [0.717, 1.165) is 11.3 Å². The molecule has 2 aromatic rings. The minimum Gasteiger partial charge on any atom is -0.481 e. The monoisotopic (exact) mass is 272 g/mol. The molecule has 0 saturated heterocycles. The zero-order valence-electron chi connectivity index (χ0n) is 11.4. The smallest absolute Gasteiger partial charge is 0.307 e. The Morgan fingerprint density at radius 2 is 1.95 bits per heavy atom. The lowest BCUT2D eigenvalue weighted by Crippen LogP contribution is -1.99. The van der Waals surface area contributed by atoms with E-state index >= 15 is 0 Å². The second kappa shape index (κ2) is 6.14. The van der Waals surface area contributed by atoms with E-state index in [9.17, 15) is 4.79 Å². The number of rotatable bonds is 5. The van der Waals surface area contributed by atoms with Crippen LogP contribution in [0.15, 0.2) is 36.7 Å². The van der Waals surface area contributed by atoms with Crippen molar-refractivity contribution in [3.63, 3.8) is 0 Å². The average molecular weight is 272 g/mol. The Balaban J connectivity index is 2.10. The van der Waals surface area contributed by atoms with Crippen LogP contribution in [-0.2, 0) is 11.2 Å². The molecule has 0 aliphatic rings. The molecule has 1 heterocycles. The van der Waals surface area contributed by atoms with Crippen molar-refractivity contribution in [2.45, 2.75) is 26.2 Å². The molecule has 0 fully saturated rings. The molecule has 1 aromatic heterocycles. The molecule has 0 saturated carbocycles. The number of carboxylic acids is 1. The van der Waals surface area contributed by atoms with Gasteiger partial charge in [0.25, 0.3) is 0 Å². The summed E-state index contributed by atoms with van der Waals surface area (Å²) in [6.07, 6.45) is 1.48. The van der Waals surface area contributed by atoms with Crippen molar-refractivity contribution in [1.82, 2.24) is 9.97 Å². The highest BCUT2D eigenvalue weighted by atomic mass is 16.5. The Kier molecular flexibility index (Phi) is 4.30. The molecule has 0 bridgehead atoms. The van der Waals surface area contributed by atoms with Crippen LogP contribution in [0.3, 0.4) is 0 Å². The normalized spacial score (nSPS) is 10.6. The molecule has 0 spiro atoms. The van der Waals surface area contributed by atoms with E-state index < -0.39 is 5.97 Å². The number of nitrogens with zero attached hydrogens (tertiary/aromatic N) is 2. The van der Waals surface area contributed by atoms with E-state index in [1.807, 2.05) is 13.8 Å². The van der Waals surface area contributed by atoms with Crippen molar-refractivity contribution in [1.29, 1.82) is 0 Å². The van der Waals surface area contributed by atoms with Crippen molar-refractivity contribution in [2.75, 3.05) is 0 Å². The van der Waals surface area contributed by atoms with Gasteiger partial charge in [0, 0.05) is 6.07 Å². The number of benzene rings is 1. The first-order chi connectivity index (χ1) is 9.54.